The summed E-state index contributed by atoms with van der Waals surface area (Å²) < 4.78 is 0. The summed E-state index contributed by atoms with van der Waals surface area (Å²) in [7, 11) is 0. The van der Waals surface area contributed by atoms with Crippen LogP contribution in [0.4, 0.5) is 5.69 Å². The number of hydrogen-bond donors (Lipinski definition) is 2. The SMILES string of the molecule is C[C@H](N)C(=O)Nc1ccc(Cl)cc1C(=O)N1CCCC1. The Bertz CT molecular complexity index is 525. The van der Waals surface area contributed by atoms with Crippen LogP contribution in [0.3, 0.4) is 0 Å². The predicted molar refractivity (Wildman–Crippen MR) is 78.9 cm³/mol. The van der Waals surface area contributed by atoms with Crippen molar-refractivity contribution < 1.29 is 9.59 Å². The number of hydrogen-bond acceptors (Lipinski definition) is 3. The zero-order valence-electron chi connectivity index (χ0n) is 11.4. The number of likely N-dealkylation sites (tertiary alicyclic amines) is 1. The largest absolute Gasteiger partial charge is 0.339 e. The Morgan fingerprint density at radius 1 is 1.35 bits per heavy atom. The smallest absolute Gasteiger partial charge is 0.256 e. The first-order valence-electron chi connectivity index (χ1n) is 6.64. The Kier molecular flexibility index (Phi) is 4.62. The molecule has 2 rings (SSSR count). The molecule has 1 atom stereocenters. The fourth-order valence-electron chi connectivity index (χ4n) is 2.14. The molecule has 0 aliphatic carbocycles. The average Bonchev–Trinajstić information content (AvgIpc) is 2.93. The van der Waals surface area contributed by atoms with Crippen molar-refractivity contribution in [3.63, 3.8) is 0 Å². The van der Waals surface area contributed by atoms with Crippen LogP contribution in [0.25, 0.3) is 0 Å². The van der Waals surface area contributed by atoms with Crippen LogP contribution in [0.5, 0.6) is 0 Å². The van der Waals surface area contributed by atoms with Gasteiger partial charge in [-0.15, -0.1) is 0 Å². The minimum Gasteiger partial charge on any atom is -0.339 e. The molecule has 0 saturated carbocycles. The zero-order chi connectivity index (χ0) is 14.7. The van der Waals surface area contributed by atoms with Gasteiger partial charge in [-0.25, -0.2) is 0 Å². The van der Waals surface area contributed by atoms with Crippen LogP contribution in [-0.4, -0.2) is 35.8 Å². The molecule has 1 heterocycles. The Morgan fingerprint density at radius 3 is 2.60 bits per heavy atom. The summed E-state index contributed by atoms with van der Waals surface area (Å²) in [6, 6.07) is 4.21. The van der Waals surface area contributed by atoms with Crippen molar-refractivity contribution in [2.75, 3.05) is 18.4 Å². The van der Waals surface area contributed by atoms with Crippen LogP contribution in [-0.2, 0) is 4.79 Å². The van der Waals surface area contributed by atoms with Gasteiger partial charge in [0.1, 0.15) is 0 Å². The Balaban J connectivity index is 2.27. The maximum absolute atomic E-state index is 12.5. The molecular weight excluding hydrogens is 278 g/mol. The highest BCUT2D eigenvalue weighted by atomic mass is 35.5. The van der Waals surface area contributed by atoms with Gasteiger partial charge in [0, 0.05) is 18.1 Å². The maximum Gasteiger partial charge on any atom is 0.256 e. The Labute approximate surface area is 123 Å². The van der Waals surface area contributed by atoms with E-state index in [0.717, 1.165) is 25.9 Å². The number of amides is 2. The first kappa shape index (κ1) is 14.8. The minimum absolute atomic E-state index is 0.107. The monoisotopic (exact) mass is 295 g/mol. The number of nitrogens with one attached hydrogen (secondary N) is 1. The van der Waals surface area contributed by atoms with Gasteiger partial charge in [-0.3, -0.25) is 9.59 Å². The molecule has 0 aromatic heterocycles. The van der Waals surface area contributed by atoms with Crippen molar-refractivity contribution in [1.29, 1.82) is 0 Å². The second-order valence-corrected chi connectivity index (χ2v) is 5.40. The first-order chi connectivity index (χ1) is 9.49. The third-order valence-corrected chi connectivity index (χ3v) is 3.51. The van der Waals surface area contributed by atoms with Gasteiger partial charge in [-0.05, 0) is 38.0 Å². The lowest BCUT2D eigenvalue weighted by atomic mass is 10.1. The molecule has 1 saturated heterocycles. The average molecular weight is 296 g/mol. The van der Waals surface area contributed by atoms with Crippen molar-refractivity contribution in [3.05, 3.63) is 28.8 Å². The van der Waals surface area contributed by atoms with Crippen LogP contribution in [0, 0.1) is 0 Å². The third kappa shape index (κ3) is 3.29. The number of carbonyl (C=O) groups is 2. The minimum atomic E-state index is -0.639. The van der Waals surface area contributed by atoms with Gasteiger partial charge in [0.05, 0.1) is 17.3 Å². The van der Waals surface area contributed by atoms with E-state index >= 15 is 0 Å². The van der Waals surface area contributed by atoms with Gasteiger partial charge in [0.2, 0.25) is 5.91 Å². The second-order valence-electron chi connectivity index (χ2n) is 4.97. The van der Waals surface area contributed by atoms with Crippen LogP contribution in [0.1, 0.15) is 30.1 Å². The highest BCUT2D eigenvalue weighted by Crippen LogP contribution is 2.24. The highest BCUT2D eigenvalue weighted by Gasteiger charge is 2.23. The predicted octanol–water partition coefficient (Wildman–Crippen LogP) is 1.86. The van der Waals surface area contributed by atoms with Gasteiger partial charge < -0.3 is 16.0 Å². The first-order valence-corrected chi connectivity index (χ1v) is 7.02. The van der Waals surface area contributed by atoms with Gasteiger partial charge in [-0.1, -0.05) is 11.6 Å². The molecule has 108 valence electrons. The molecule has 0 unspecified atom stereocenters. The summed E-state index contributed by atoms with van der Waals surface area (Å²) in [6.45, 7) is 3.07. The number of carbonyl (C=O) groups excluding carboxylic acids is 2. The second kappa shape index (κ2) is 6.24. The van der Waals surface area contributed by atoms with Crippen molar-refractivity contribution >= 4 is 29.1 Å². The van der Waals surface area contributed by atoms with E-state index in [9.17, 15) is 9.59 Å². The molecule has 0 bridgehead atoms. The fourth-order valence-corrected chi connectivity index (χ4v) is 2.31. The third-order valence-electron chi connectivity index (χ3n) is 3.28. The Hall–Kier alpha value is -1.59. The molecule has 2 amide bonds. The van der Waals surface area contributed by atoms with Gasteiger partial charge >= 0.3 is 0 Å². The van der Waals surface area contributed by atoms with Crippen molar-refractivity contribution in [2.45, 2.75) is 25.8 Å². The molecule has 1 aromatic carbocycles. The molecule has 5 nitrogen and oxygen atoms in total. The topological polar surface area (TPSA) is 75.4 Å². The number of anilines is 1. The molecular formula is C14H18ClN3O2. The quantitative estimate of drug-likeness (QED) is 0.894. The molecule has 0 spiro atoms. The summed E-state index contributed by atoms with van der Waals surface area (Å²) in [5.74, 6) is -0.437. The molecule has 1 aromatic rings. The van der Waals surface area contributed by atoms with Crippen LogP contribution in [0.2, 0.25) is 5.02 Å². The maximum atomic E-state index is 12.5. The summed E-state index contributed by atoms with van der Waals surface area (Å²) >= 11 is 5.96. The molecule has 1 aliphatic heterocycles. The number of nitrogens with two attached hydrogens (primary N) is 1. The number of halogens is 1. The zero-order valence-corrected chi connectivity index (χ0v) is 12.1. The molecule has 20 heavy (non-hydrogen) atoms. The molecule has 0 radical (unpaired) electrons. The van der Waals surface area contributed by atoms with E-state index in [1.54, 1.807) is 30.0 Å². The van der Waals surface area contributed by atoms with E-state index in [0.29, 0.717) is 16.3 Å². The normalized spacial score (nSPS) is 16.1. The van der Waals surface area contributed by atoms with Crippen molar-refractivity contribution in [2.24, 2.45) is 5.73 Å². The summed E-state index contributed by atoms with van der Waals surface area (Å²) in [6.07, 6.45) is 2.02. The summed E-state index contributed by atoms with van der Waals surface area (Å²) in [5.41, 5.74) is 6.39. The molecule has 3 N–H and O–H groups in total. The summed E-state index contributed by atoms with van der Waals surface area (Å²) in [4.78, 5) is 25.9. The van der Waals surface area contributed by atoms with Gasteiger partial charge in [0.25, 0.3) is 5.91 Å². The lowest BCUT2D eigenvalue weighted by molar-refractivity contribution is -0.117. The van der Waals surface area contributed by atoms with E-state index in [1.165, 1.54) is 0 Å². The number of rotatable bonds is 3. The van der Waals surface area contributed by atoms with E-state index in [4.69, 9.17) is 17.3 Å². The van der Waals surface area contributed by atoms with Crippen LogP contribution in [0.15, 0.2) is 18.2 Å². The van der Waals surface area contributed by atoms with Crippen molar-refractivity contribution in [3.8, 4) is 0 Å². The summed E-state index contributed by atoms with van der Waals surface area (Å²) in [5, 5.41) is 3.14. The van der Waals surface area contributed by atoms with E-state index in [1.807, 2.05) is 0 Å². The number of benzene rings is 1. The lowest BCUT2D eigenvalue weighted by Gasteiger charge is -2.18. The number of nitrogens with zero attached hydrogens (tertiary/aromatic N) is 1. The van der Waals surface area contributed by atoms with E-state index in [-0.39, 0.29) is 11.8 Å². The van der Waals surface area contributed by atoms with Crippen LogP contribution < -0.4 is 11.1 Å². The lowest BCUT2D eigenvalue weighted by Crippen LogP contribution is -2.34. The Morgan fingerprint density at radius 2 is 2.00 bits per heavy atom. The molecule has 6 heteroatoms. The van der Waals surface area contributed by atoms with Gasteiger partial charge in [0.15, 0.2) is 0 Å². The van der Waals surface area contributed by atoms with Crippen LogP contribution >= 0.6 is 11.6 Å². The molecule has 1 fully saturated rings. The standard InChI is InChI=1S/C14H18ClN3O2/c1-9(16)13(19)17-12-5-4-10(15)8-11(12)14(20)18-6-2-3-7-18/h4-5,8-9H,2-3,6-7,16H2,1H3,(H,17,19)/t9-/m0/s1. The van der Waals surface area contributed by atoms with E-state index < -0.39 is 6.04 Å². The van der Waals surface area contributed by atoms with E-state index in [2.05, 4.69) is 5.32 Å². The van der Waals surface area contributed by atoms with Crippen molar-refractivity contribution in [1.82, 2.24) is 4.90 Å². The molecule has 1 aliphatic rings. The van der Waals surface area contributed by atoms with Gasteiger partial charge in [-0.2, -0.15) is 0 Å². The highest BCUT2D eigenvalue weighted by molar-refractivity contribution is 6.31. The fraction of sp³-hybridized carbons (Fsp3) is 0.429.